The lowest BCUT2D eigenvalue weighted by Gasteiger charge is -2.46. The minimum absolute atomic E-state index is 0.117. The van der Waals surface area contributed by atoms with Crippen molar-refractivity contribution in [1.29, 1.82) is 0 Å². The van der Waals surface area contributed by atoms with Gasteiger partial charge in [0, 0.05) is 24.0 Å². The Labute approximate surface area is 226 Å². The number of hydrogen-bond acceptors (Lipinski definition) is 7. The van der Waals surface area contributed by atoms with Crippen molar-refractivity contribution in [1.82, 2.24) is 24.6 Å². The second-order valence-corrected chi connectivity index (χ2v) is 12.1. The molecule has 0 spiro atoms. The molecule has 202 valence electrons. The summed E-state index contributed by atoms with van der Waals surface area (Å²) in [6, 6.07) is 4.31. The van der Waals surface area contributed by atoms with E-state index in [0.717, 1.165) is 40.9 Å². The Morgan fingerprint density at radius 1 is 1.13 bits per heavy atom. The van der Waals surface area contributed by atoms with Gasteiger partial charge in [0.25, 0.3) is 0 Å². The fourth-order valence-electron chi connectivity index (χ4n) is 7.21. The van der Waals surface area contributed by atoms with Gasteiger partial charge in [-0.1, -0.05) is 11.6 Å². The highest BCUT2D eigenvalue weighted by molar-refractivity contribution is 6.32. The van der Waals surface area contributed by atoms with E-state index in [2.05, 4.69) is 15.4 Å². The average molecular weight is 541 g/mol. The summed E-state index contributed by atoms with van der Waals surface area (Å²) in [7, 11) is 0. The first kappa shape index (κ1) is 24.7. The number of rotatable bonds is 5. The molecular formula is C28H34ClFN6O2. The first-order valence-corrected chi connectivity index (χ1v) is 14.2. The summed E-state index contributed by atoms with van der Waals surface area (Å²) in [6.45, 7) is 3.85. The number of benzene rings is 1. The Bertz CT molecular complexity index is 1340. The van der Waals surface area contributed by atoms with E-state index in [1.807, 2.05) is 28.6 Å². The van der Waals surface area contributed by atoms with Gasteiger partial charge in [-0.3, -0.25) is 4.90 Å². The number of aliphatic hydroxyl groups excluding tert-OH is 1. The molecule has 5 aliphatic rings. The predicted octanol–water partition coefficient (Wildman–Crippen LogP) is 4.78. The number of fused-ring (bicyclic) bond motifs is 3. The van der Waals surface area contributed by atoms with Gasteiger partial charge in [0.1, 0.15) is 6.17 Å². The van der Waals surface area contributed by atoms with Crippen LogP contribution in [0.25, 0.3) is 10.9 Å². The van der Waals surface area contributed by atoms with E-state index in [1.54, 1.807) is 12.4 Å². The molecule has 2 saturated heterocycles. The molecule has 0 radical (unpaired) electrons. The summed E-state index contributed by atoms with van der Waals surface area (Å²) in [5.41, 5.74) is 3.50. The summed E-state index contributed by atoms with van der Waals surface area (Å²) in [5.74, 6) is 1.82. The van der Waals surface area contributed by atoms with Crippen molar-refractivity contribution in [2.24, 2.45) is 11.8 Å². The number of ether oxygens (including phenoxy) is 1. The molecule has 10 heteroatoms. The molecular weight excluding hydrogens is 507 g/mol. The summed E-state index contributed by atoms with van der Waals surface area (Å²) in [5, 5.41) is 19.6. The van der Waals surface area contributed by atoms with Crippen molar-refractivity contribution in [3.05, 3.63) is 40.8 Å². The molecule has 1 aromatic carbocycles. The Morgan fingerprint density at radius 2 is 2.00 bits per heavy atom. The fraction of sp³-hybridized carbons (Fsp3) is 0.607. The summed E-state index contributed by atoms with van der Waals surface area (Å²) >= 11 is 6.75. The topological polar surface area (TPSA) is 88.3 Å². The molecule has 0 amide bonds. The van der Waals surface area contributed by atoms with Crippen LogP contribution in [0.15, 0.2) is 24.5 Å². The van der Waals surface area contributed by atoms with Gasteiger partial charge in [-0.25, -0.2) is 19.0 Å². The van der Waals surface area contributed by atoms with Crippen LogP contribution in [0, 0.1) is 18.8 Å². The van der Waals surface area contributed by atoms with Gasteiger partial charge in [-0.2, -0.15) is 5.10 Å². The number of nitrogens with one attached hydrogen (secondary N) is 1. The zero-order valence-corrected chi connectivity index (χ0v) is 22.3. The van der Waals surface area contributed by atoms with Crippen LogP contribution >= 0.6 is 11.6 Å². The van der Waals surface area contributed by atoms with E-state index in [4.69, 9.17) is 21.3 Å². The zero-order chi connectivity index (χ0) is 26.0. The van der Waals surface area contributed by atoms with Crippen LogP contribution in [0.3, 0.4) is 0 Å². The van der Waals surface area contributed by atoms with E-state index in [0.29, 0.717) is 54.9 Å². The van der Waals surface area contributed by atoms with Crippen LogP contribution in [-0.4, -0.2) is 74.4 Å². The van der Waals surface area contributed by atoms with Crippen molar-refractivity contribution < 1.29 is 14.2 Å². The minimum Gasteiger partial charge on any atom is -0.389 e. The predicted molar refractivity (Wildman–Crippen MR) is 144 cm³/mol. The van der Waals surface area contributed by atoms with Crippen LogP contribution in [0.4, 0.5) is 16.0 Å². The largest absolute Gasteiger partial charge is 0.389 e. The molecule has 8 rings (SSSR count). The third-order valence-corrected chi connectivity index (χ3v) is 9.79. The van der Waals surface area contributed by atoms with Gasteiger partial charge >= 0.3 is 0 Å². The highest BCUT2D eigenvalue weighted by Gasteiger charge is 2.42. The molecule has 2 aromatic heterocycles. The Hall–Kier alpha value is -2.33. The molecule has 2 bridgehead atoms. The Morgan fingerprint density at radius 3 is 2.74 bits per heavy atom. The average Bonchev–Trinajstić information content (AvgIpc) is 3.48. The van der Waals surface area contributed by atoms with Gasteiger partial charge < -0.3 is 15.2 Å². The van der Waals surface area contributed by atoms with Crippen LogP contribution < -0.4 is 5.32 Å². The normalized spacial score (nSPS) is 33.4. The Balaban J connectivity index is 1.10. The van der Waals surface area contributed by atoms with Gasteiger partial charge in [0.15, 0.2) is 5.15 Å². The van der Waals surface area contributed by atoms with Crippen molar-refractivity contribution in [3.8, 4) is 0 Å². The molecule has 3 saturated carbocycles. The highest BCUT2D eigenvalue weighted by atomic mass is 35.5. The molecule has 3 aliphatic carbocycles. The number of aryl methyl sites for hydroxylation is 1. The maximum atomic E-state index is 15.5. The number of piperidine rings is 1. The smallest absolute Gasteiger partial charge is 0.227 e. The SMILES string of the molecule is Cc1cc2cnc(Nc3cnn(C4CCC5CC4C5)c3Cl)nc2cc1C1CCN(C2COC[C@H]2O)CC1F. The number of alkyl halides is 1. The standard InChI is InChI=1S/C28H34ClFN6O2/c1-15-6-18-10-31-28(34-23-11-32-36(27(23)29)24-3-2-16-7-17(24)8-16)33-22(18)9-20(15)19-4-5-35(12-21(19)30)25-13-38-14-26(25)37/h6,9-11,16-17,19,21,24-26,37H,2-5,7-8,12-14H2,1H3,(H,31,33,34)/t16?,17?,19?,21?,24?,25?,26-/m1/s1. The van der Waals surface area contributed by atoms with E-state index in [9.17, 15) is 5.11 Å². The number of hydrogen-bond donors (Lipinski definition) is 2. The molecule has 2 aliphatic heterocycles. The van der Waals surface area contributed by atoms with Gasteiger partial charge in [0.05, 0.1) is 48.8 Å². The van der Waals surface area contributed by atoms with Gasteiger partial charge in [0.2, 0.25) is 5.95 Å². The van der Waals surface area contributed by atoms with Crippen LogP contribution in [0.5, 0.6) is 0 Å². The van der Waals surface area contributed by atoms with E-state index >= 15 is 4.39 Å². The summed E-state index contributed by atoms with van der Waals surface area (Å²) < 4.78 is 22.9. The monoisotopic (exact) mass is 540 g/mol. The molecule has 3 aromatic rings. The van der Waals surface area contributed by atoms with Crippen molar-refractivity contribution in [2.45, 2.75) is 69.3 Å². The van der Waals surface area contributed by atoms with Crippen molar-refractivity contribution >= 4 is 34.1 Å². The molecule has 4 unspecified atom stereocenters. The highest BCUT2D eigenvalue weighted by Crippen LogP contribution is 2.51. The van der Waals surface area contributed by atoms with Crippen LogP contribution in [0.2, 0.25) is 5.15 Å². The van der Waals surface area contributed by atoms with Gasteiger partial charge in [-0.05, 0) is 80.7 Å². The van der Waals surface area contributed by atoms with Crippen molar-refractivity contribution in [3.63, 3.8) is 0 Å². The lowest BCUT2D eigenvalue weighted by atomic mass is 9.63. The molecule has 5 fully saturated rings. The molecule has 5 atom stereocenters. The summed E-state index contributed by atoms with van der Waals surface area (Å²) in [6.07, 6.45) is 7.63. The quantitative estimate of drug-likeness (QED) is 0.481. The lowest BCUT2D eigenvalue weighted by molar-refractivity contribution is 0.0352. The zero-order valence-electron chi connectivity index (χ0n) is 21.6. The second-order valence-electron chi connectivity index (χ2n) is 11.7. The van der Waals surface area contributed by atoms with Crippen LogP contribution in [-0.2, 0) is 4.74 Å². The second kappa shape index (κ2) is 9.70. The first-order chi connectivity index (χ1) is 18.4. The molecule has 4 heterocycles. The van der Waals surface area contributed by atoms with Crippen LogP contribution in [0.1, 0.15) is 55.2 Å². The number of halogens is 2. The number of likely N-dealkylation sites (tertiary alicyclic amines) is 1. The van der Waals surface area contributed by atoms with E-state index in [1.165, 1.54) is 19.3 Å². The van der Waals surface area contributed by atoms with Gasteiger partial charge in [-0.15, -0.1) is 0 Å². The third-order valence-electron chi connectivity index (χ3n) is 9.41. The van der Waals surface area contributed by atoms with Crippen molar-refractivity contribution in [2.75, 3.05) is 31.6 Å². The molecule has 2 N–H and O–H groups in total. The maximum absolute atomic E-state index is 15.5. The maximum Gasteiger partial charge on any atom is 0.227 e. The Kier molecular flexibility index (Phi) is 6.30. The number of aliphatic hydroxyl groups is 1. The van der Waals surface area contributed by atoms with E-state index in [-0.39, 0.29) is 12.0 Å². The lowest BCUT2D eigenvalue weighted by Crippen LogP contribution is -2.50. The van der Waals surface area contributed by atoms with E-state index < -0.39 is 12.3 Å². The summed E-state index contributed by atoms with van der Waals surface area (Å²) in [4.78, 5) is 11.3. The first-order valence-electron chi connectivity index (χ1n) is 13.9. The fourth-order valence-corrected chi connectivity index (χ4v) is 7.48. The third kappa shape index (κ3) is 4.28. The molecule has 8 nitrogen and oxygen atoms in total. The number of anilines is 2. The number of aromatic nitrogens is 4. The number of nitrogens with zero attached hydrogens (tertiary/aromatic N) is 5. The molecule has 38 heavy (non-hydrogen) atoms. The minimum atomic E-state index is -1.03.